The summed E-state index contributed by atoms with van der Waals surface area (Å²) in [6.45, 7) is 3.01. The Morgan fingerprint density at radius 1 is 1.29 bits per heavy atom. The largest absolute Gasteiger partial charge is 0.359 e. The SMILES string of the molecule is CN=C(NC)NCc1ccnc(N2CCCCCC2)c1.I. The predicted molar refractivity (Wildman–Crippen MR) is 99.6 cm³/mol. The smallest absolute Gasteiger partial charge is 0.190 e. The van der Waals surface area contributed by atoms with Crippen molar-refractivity contribution in [2.24, 2.45) is 4.99 Å². The minimum atomic E-state index is 0. The van der Waals surface area contributed by atoms with Crippen LogP contribution in [-0.2, 0) is 6.54 Å². The zero-order valence-corrected chi connectivity index (χ0v) is 15.3. The van der Waals surface area contributed by atoms with Crippen LogP contribution in [0.2, 0.25) is 0 Å². The lowest BCUT2D eigenvalue weighted by atomic mass is 10.2. The summed E-state index contributed by atoms with van der Waals surface area (Å²) in [5.41, 5.74) is 1.23. The lowest BCUT2D eigenvalue weighted by Gasteiger charge is -2.22. The fourth-order valence-electron chi connectivity index (χ4n) is 2.51. The first-order chi connectivity index (χ1) is 9.83. The van der Waals surface area contributed by atoms with Crippen LogP contribution >= 0.6 is 24.0 Å². The van der Waals surface area contributed by atoms with E-state index in [0.717, 1.165) is 31.4 Å². The molecule has 0 unspecified atom stereocenters. The first kappa shape index (κ1) is 18.0. The number of anilines is 1. The predicted octanol–water partition coefficient (Wildman–Crippen LogP) is 2.37. The third-order valence-corrected chi connectivity index (χ3v) is 3.66. The molecule has 0 atom stereocenters. The molecule has 2 heterocycles. The van der Waals surface area contributed by atoms with Crippen molar-refractivity contribution in [3.63, 3.8) is 0 Å². The van der Waals surface area contributed by atoms with E-state index in [1.54, 1.807) is 7.05 Å². The van der Waals surface area contributed by atoms with Gasteiger partial charge in [0.1, 0.15) is 5.82 Å². The standard InChI is InChI=1S/C15H25N5.HI/c1-16-15(17-2)19-12-13-7-8-18-14(11-13)20-9-5-3-4-6-10-20;/h7-8,11H,3-6,9-10,12H2,1-2H3,(H2,16,17,19);1H. The van der Waals surface area contributed by atoms with Gasteiger partial charge in [-0.15, -0.1) is 24.0 Å². The van der Waals surface area contributed by atoms with Crippen LogP contribution in [0.25, 0.3) is 0 Å². The molecule has 21 heavy (non-hydrogen) atoms. The topological polar surface area (TPSA) is 52.6 Å². The maximum absolute atomic E-state index is 4.52. The molecule has 0 bridgehead atoms. The van der Waals surface area contributed by atoms with E-state index < -0.39 is 0 Å². The molecule has 1 fully saturated rings. The fourth-order valence-corrected chi connectivity index (χ4v) is 2.51. The van der Waals surface area contributed by atoms with Gasteiger partial charge in [0.25, 0.3) is 0 Å². The van der Waals surface area contributed by atoms with E-state index in [2.05, 4.69) is 37.6 Å². The number of halogens is 1. The number of rotatable bonds is 3. The van der Waals surface area contributed by atoms with Crippen molar-refractivity contribution in [1.82, 2.24) is 15.6 Å². The van der Waals surface area contributed by atoms with Crippen molar-refractivity contribution in [3.05, 3.63) is 23.9 Å². The van der Waals surface area contributed by atoms with Crippen LogP contribution in [0.1, 0.15) is 31.2 Å². The summed E-state index contributed by atoms with van der Waals surface area (Å²) in [5, 5.41) is 6.29. The van der Waals surface area contributed by atoms with Crippen molar-refractivity contribution in [1.29, 1.82) is 0 Å². The molecule has 0 saturated carbocycles. The molecule has 1 aliphatic heterocycles. The number of nitrogens with zero attached hydrogens (tertiary/aromatic N) is 3. The highest BCUT2D eigenvalue weighted by molar-refractivity contribution is 14.0. The average Bonchev–Trinajstić information content (AvgIpc) is 2.78. The monoisotopic (exact) mass is 403 g/mol. The Morgan fingerprint density at radius 3 is 2.62 bits per heavy atom. The summed E-state index contributed by atoms with van der Waals surface area (Å²) in [6.07, 6.45) is 7.14. The van der Waals surface area contributed by atoms with Crippen LogP contribution in [-0.4, -0.2) is 38.1 Å². The molecule has 0 radical (unpaired) electrons. The number of hydrogen-bond acceptors (Lipinski definition) is 3. The van der Waals surface area contributed by atoms with Gasteiger partial charge in [0.15, 0.2) is 5.96 Å². The zero-order valence-electron chi connectivity index (χ0n) is 12.9. The van der Waals surface area contributed by atoms with Gasteiger partial charge in [-0.1, -0.05) is 12.8 Å². The lowest BCUT2D eigenvalue weighted by Crippen LogP contribution is -2.34. The Kier molecular flexibility index (Phi) is 8.41. The van der Waals surface area contributed by atoms with Crippen LogP contribution in [0.4, 0.5) is 5.82 Å². The molecular weight excluding hydrogens is 377 g/mol. The quantitative estimate of drug-likeness (QED) is 0.462. The van der Waals surface area contributed by atoms with Gasteiger partial charge in [-0.3, -0.25) is 4.99 Å². The molecule has 2 N–H and O–H groups in total. The van der Waals surface area contributed by atoms with Gasteiger partial charge < -0.3 is 15.5 Å². The van der Waals surface area contributed by atoms with E-state index >= 15 is 0 Å². The van der Waals surface area contributed by atoms with E-state index in [9.17, 15) is 0 Å². The van der Waals surface area contributed by atoms with Crippen molar-refractivity contribution in [2.75, 3.05) is 32.1 Å². The highest BCUT2D eigenvalue weighted by Gasteiger charge is 2.11. The zero-order chi connectivity index (χ0) is 14.2. The summed E-state index contributed by atoms with van der Waals surface area (Å²) in [7, 11) is 3.64. The van der Waals surface area contributed by atoms with Gasteiger partial charge in [-0.25, -0.2) is 4.98 Å². The van der Waals surface area contributed by atoms with Crippen molar-refractivity contribution in [3.8, 4) is 0 Å². The minimum absolute atomic E-state index is 0. The Bertz CT molecular complexity index is 441. The molecule has 6 heteroatoms. The third-order valence-electron chi connectivity index (χ3n) is 3.66. The van der Waals surface area contributed by atoms with E-state index in [1.165, 1.54) is 31.2 Å². The Labute approximate surface area is 144 Å². The number of hydrogen-bond donors (Lipinski definition) is 2. The van der Waals surface area contributed by atoms with Crippen LogP contribution in [0, 0.1) is 0 Å². The van der Waals surface area contributed by atoms with Gasteiger partial charge in [0.05, 0.1) is 0 Å². The van der Waals surface area contributed by atoms with E-state index in [1.807, 2.05) is 13.2 Å². The molecule has 1 aliphatic rings. The number of guanidine groups is 1. The first-order valence-corrected chi connectivity index (χ1v) is 7.42. The second-order valence-electron chi connectivity index (χ2n) is 5.10. The van der Waals surface area contributed by atoms with Crippen molar-refractivity contribution >= 4 is 35.8 Å². The summed E-state index contributed by atoms with van der Waals surface area (Å²) in [6, 6.07) is 4.23. The molecule has 0 amide bonds. The molecule has 2 rings (SSSR count). The normalized spacial score (nSPS) is 15.9. The van der Waals surface area contributed by atoms with Gasteiger partial charge >= 0.3 is 0 Å². The molecule has 0 spiro atoms. The second kappa shape index (κ2) is 9.81. The lowest BCUT2D eigenvalue weighted by molar-refractivity contribution is 0.726. The molecular formula is C15H26IN5. The van der Waals surface area contributed by atoms with E-state index in [4.69, 9.17) is 0 Å². The van der Waals surface area contributed by atoms with Crippen LogP contribution in [0.5, 0.6) is 0 Å². The maximum atomic E-state index is 4.52. The molecule has 1 aromatic rings. The number of aliphatic imine (C=N–C) groups is 1. The average molecular weight is 403 g/mol. The molecule has 118 valence electrons. The number of pyridine rings is 1. The first-order valence-electron chi connectivity index (χ1n) is 7.42. The van der Waals surface area contributed by atoms with Crippen LogP contribution in [0.15, 0.2) is 23.3 Å². The summed E-state index contributed by atoms with van der Waals surface area (Å²) >= 11 is 0. The van der Waals surface area contributed by atoms with Crippen LogP contribution in [0.3, 0.4) is 0 Å². The molecule has 1 saturated heterocycles. The highest BCUT2D eigenvalue weighted by Crippen LogP contribution is 2.18. The summed E-state index contributed by atoms with van der Waals surface area (Å²) in [4.78, 5) is 11.0. The van der Waals surface area contributed by atoms with Gasteiger partial charge in [-0.2, -0.15) is 0 Å². The van der Waals surface area contributed by atoms with Crippen molar-refractivity contribution in [2.45, 2.75) is 32.2 Å². The second-order valence-corrected chi connectivity index (χ2v) is 5.10. The maximum Gasteiger partial charge on any atom is 0.190 e. The Balaban J connectivity index is 0.00000220. The third kappa shape index (κ3) is 5.68. The van der Waals surface area contributed by atoms with E-state index in [0.29, 0.717) is 0 Å². The van der Waals surface area contributed by atoms with Gasteiger partial charge in [-0.05, 0) is 30.5 Å². The van der Waals surface area contributed by atoms with Gasteiger partial charge in [0, 0.05) is 39.9 Å². The molecule has 5 nitrogen and oxygen atoms in total. The molecule has 1 aromatic heterocycles. The van der Waals surface area contributed by atoms with Gasteiger partial charge in [0.2, 0.25) is 0 Å². The van der Waals surface area contributed by atoms with Crippen LogP contribution < -0.4 is 15.5 Å². The fraction of sp³-hybridized carbons (Fsp3) is 0.600. The Hall–Kier alpha value is -1.05. The molecule has 0 aromatic carbocycles. The number of aromatic nitrogens is 1. The summed E-state index contributed by atoms with van der Waals surface area (Å²) in [5.74, 6) is 1.91. The van der Waals surface area contributed by atoms with Crippen molar-refractivity contribution < 1.29 is 0 Å². The minimum Gasteiger partial charge on any atom is -0.359 e. The summed E-state index contributed by atoms with van der Waals surface area (Å²) < 4.78 is 0. The van der Waals surface area contributed by atoms with E-state index in [-0.39, 0.29) is 24.0 Å². The Morgan fingerprint density at radius 2 is 2.00 bits per heavy atom. The highest BCUT2D eigenvalue weighted by atomic mass is 127. The molecule has 0 aliphatic carbocycles. The number of nitrogens with one attached hydrogen (secondary N) is 2.